The molecular weight excluding hydrogens is 765 g/mol. The van der Waals surface area contributed by atoms with Crippen LogP contribution in [0.5, 0.6) is 5.75 Å². The predicted octanol–water partition coefficient (Wildman–Crippen LogP) is 15.8. The second kappa shape index (κ2) is 15.4. The molecule has 63 heavy (non-hydrogen) atoms. The van der Waals surface area contributed by atoms with Crippen LogP contribution in [0.4, 0.5) is 17.1 Å². The summed E-state index contributed by atoms with van der Waals surface area (Å²) in [6.45, 7) is 0. The summed E-state index contributed by atoms with van der Waals surface area (Å²) >= 11 is 0. The molecule has 1 unspecified atom stereocenters. The highest BCUT2D eigenvalue weighted by Gasteiger charge is 2.38. The largest absolute Gasteiger partial charge is 0.485 e. The van der Waals surface area contributed by atoms with Crippen LogP contribution in [-0.4, -0.2) is 10.7 Å². The number of rotatable bonds is 8. The van der Waals surface area contributed by atoms with Gasteiger partial charge in [-0.15, -0.1) is 0 Å². The molecule has 1 aromatic heterocycles. The summed E-state index contributed by atoms with van der Waals surface area (Å²) < 4.78 is 8.93. The number of hydrogen-bond donors (Lipinski definition) is 0. The Kier molecular flexibility index (Phi) is 8.97. The van der Waals surface area contributed by atoms with Crippen molar-refractivity contribution in [1.82, 2.24) is 4.57 Å². The van der Waals surface area contributed by atoms with Crippen LogP contribution in [-0.2, 0) is 0 Å². The topological polar surface area (TPSA) is 17.4 Å². The van der Waals surface area contributed by atoms with E-state index in [1.807, 2.05) is 0 Å². The highest BCUT2D eigenvalue weighted by atomic mass is 16.5. The van der Waals surface area contributed by atoms with E-state index in [-0.39, 0.29) is 12.0 Å². The van der Waals surface area contributed by atoms with Crippen LogP contribution in [0, 0.1) is 0 Å². The molecule has 3 heteroatoms. The van der Waals surface area contributed by atoms with E-state index >= 15 is 0 Å². The average Bonchev–Trinajstić information content (AvgIpc) is 3.91. The second-order valence-electron chi connectivity index (χ2n) is 16.4. The van der Waals surface area contributed by atoms with Gasteiger partial charge in [0.25, 0.3) is 0 Å². The molecule has 0 saturated carbocycles. The Morgan fingerprint density at radius 2 is 0.937 bits per heavy atom. The first-order valence-electron chi connectivity index (χ1n) is 21.7. The predicted molar refractivity (Wildman–Crippen MR) is 262 cm³/mol. The number of fused-ring (bicyclic) bond motifs is 6. The standard InChI is InChI=1S/C60H42N2O/c1-3-16-41(17-4-1)43-30-34-47(35-31-43)61(55-25-11-9-22-52(55)53-24-15-29-59-60(53)54-23-10-14-28-58(54)63-59)48-36-32-44(33-37-48)46-38-45(42-18-5-2-6-19-42)39-49(40-46)62-56-26-12-7-20-50(56)51-21-8-13-27-57(51)62/h1-40,59-60H/t59-,60?/m0/s1. The molecule has 10 aromatic rings. The third-order valence-corrected chi connectivity index (χ3v) is 12.8. The van der Waals surface area contributed by atoms with Gasteiger partial charge >= 0.3 is 0 Å². The van der Waals surface area contributed by atoms with E-state index in [0.29, 0.717) is 0 Å². The highest BCUT2D eigenvalue weighted by molar-refractivity contribution is 6.09. The number of anilines is 3. The zero-order valence-corrected chi connectivity index (χ0v) is 34.6. The summed E-state index contributed by atoms with van der Waals surface area (Å²) in [6, 6.07) is 81.2. The highest BCUT2D eigenvalue weighted by Crippen LogP contribution is 2.51. The molecule has 2 aliphatic rings. The lowest BCUT2D eigenvalue weighted by Gasteiger charge is -2.31. The molecule has 3 nitrogen and oxygen atoms in total. The molecule has 1 aliphatic heterocycles. The van der Waals surface area contributed by atoms with E-state index in [0.717, 1.165) is 39.6 Å². The minimum absolute atomic E-state index is 0.0487. The molecule has 0 fully saturated rings. The fraction of sp³-hybridized carbons (Fsp3) is 0.0333. The first-order chi connectivity index (χ1) is 31.2. The molecular formula is C60H42N2O. The van der Waals surface area contributed by atoms with Crippen LogP contribution in [0.1, 0.15) is 17.0 Å². The number of nitrogens with zero attached hydrogens (tertiary/aromatic N) is 2. The molecule has 1 aliphatic carbocycles. The quantitative estimate of drug-likeness (QED) is 0.152. The third kappa shape index (κ3) is 6.45. The zero-order valence-electron chi connectivity index (χ0n) is 34.6. The van der Waals surface area contributed by atoms with Crippen molar-refractivity contribution in [2.24, 2.45) is 0 Å². The van der Waals surface area contributed by atoms with Gasteiger partial charge in [0.1, 0.15) is 11.9 Å². The monoisotopic (exact) mass is 806 g/mol. The summed E-state index contributed by atoms with van der Waals surface area (Å²) in [5, 5.41) is 2.50. The average molecular weight is 807 g/mol. The Labute approximate surface area is 367 Å². The number of ether oxygens (including phenoxy) is 1. The Morgan fingerprint density at radius 1 is 0.429 bits per heavy atom. The van der Waals surface area contributed by atoms with Crippen LogP contribution >= 0.6 is 0 Å². The first kappa shape index (κ1) is 36.7. The lowest BCUT2D eigenvalue weighted by Crippen LogP contribution is -2.20. The zero-order chi connectivity index (χ0) is 41.7. The van der Waals surface area contributed by atoms with Crippen LogP contribution in [0.3, 0.4) is 0 Å². The van der Waals surface area contributed by atoms with Crippen molar-refractivity contribution in [1.29, 1.82) is 0 Å². The lowest BCUT2D eigenvalue weighted by molar-refractivity contribution is 0.271. The van der Waals surface area contributed by atoms with Crippen LogP contribution in [0.15, 0.2) is 243 Å². The van der Waals surface area contributed by atoms with E-state index < -0.39 is 0 Å². The van der Waals surface area contributed by atoms with Crippen molar-refractivity contribution in [3.63, 3.8) is 0 Å². The van der Waals surface area contributed by atoms with Crippen molar-refractivity contribution in [3.05, 3.63) is 254 Å². The van der Waals surface area contributed by atoms with Gasteiger partial charge in [0.05, 0.1) is 22.6 Å². The van der Waals surface area contributed by atoms with E-state index in [9.17, 15) is 0 Å². The summed E-state index contributed by atoms with van der Waals surface area (Å²) in [4.78, 5) is 2.41. The van der Waals surface area contributed by atoms with Crippen molar-refractivity contribution in [3.8, 4) is 44.8 Å². The maximum Gasteiger partial charge on any atom is 0.128 e. The van der Waals surface area contributed by atoms with Gasteiger partial charge < -0.3 is 14.2 Å². The van der Waals surface area contributed by atoms with E-state index in [1.54, 1.807) is 0 Å². The molecule has 0 bridgehead atoms. The van der Waals surface area contributed by atoms with Gasteiger partial charge in [-0.1, -0.05) is 170 Å². The van der Waals surface area contributed by atoms with Gasteiger partial charge in [0, 0.05) is 39.0 Å². The van der Waals surface area contributed by atoms with Gasteiger partial charge in [-0.25, -0.2) is 0 Å². The molecule has 0 N–H and O–H groups in total. The fourth-order valence-corrected chi connectivity index (χ4v) is 9.84. The Morgan fingerprint density at radius 3 is 1.59 bits per heavy atom. The summed E-state index contributed by atoms with van der Waals surface area (Å²) in [7, 11) is 0. The minimum atomic E-state index is -0.0487. The van der Waals surface area contributed by atoms with Crippen molar-refractivity contribution >= 4 is 44.4 Å². The van der Waals surface area contributed by atoms with Gasteiger partial charge in [0.2, 0.25) is 0 Å². The number of hydrogen-bond acceptors (Lipinski definition) is 2. The molecule has 298 valence electrons. The van der Waals surface area contributed by atoms with Crippen LogP contribution in [0.25, 0.3) is 66.4 Å². The Hall–Kier alpha value is -8.14. The molecule has 2 atom stereocenters. The Bertz CT molecular complexity index is 3310. The minimum Gasteiger partial charge on any atom is -0.485 e. The molecule has 9 aromatic carbocycles. The van der Waals surface area contributed by atoms with Crippen molar-refractivity contribution in [2.45, 2.75) is 12.0 Å². The molecule has 12 rings (SSSR count). The number of para-hydroxylation sites is 4. The van der Waals surface area contributed by atoms with Gasteiger partial charge in [-0.05, 0) is 112 Å². The smallest absolute Gasteiger partial charge is 0.128 e. The van der Waals surface area contributed by atoms with E-state index in [2.05, 4.69) is 252 Å². The lowest BCUT2D eigenvalue weighted by atomic mass is 9.80. The molecule has 0 radical (unpaired) electrons. The van der Waals surface area contributed by atoms with Crippen LogP contribution < -0.4 is 9.64 Å². The maximum absolute atomic E-state index is 6.51. The number of benzene rings is 9. The summed E-state index contributed by atoms with van der Waals surface area (Å²) in [6.07, 6.45) is 6.58. The van der Waals surface area contributed by atoms with Crippen molar-refractivity contribution in [2.75, 3.05) is 4.90 Å². The van der Waals surface area contributed by atoms with E-state index in [4.69, 9.17) is 4.74 Å². The molecule has 2 heterocycles. The summed E-state index contributed by atoms with van der Waals surface area (Å²) in [5.74, 6) is 1.06. The molecule has 0 saturated heterocycles. The number of aromatic nitrogens is 1. The van der Waals surface area contributed by atoms with Gasteiger partial charge in [0.15, 0.2) is 0 Å². The van der Waals surface area contributed by atoms with Gasteiger partial charge in [-0.3, -0.25) is 0 Å². The van der Waals surface area contributed by atoms with Crippen molar-refractivity contribution < 1.29 is 4.74 Å². The molecule has 0 amide bonds. The normalized spacial score (nSPS) is 15.1. The first-order valence-corrected chi connectivity index (χ1v) is 21.7. The van der Waals surface area contributed by atoms with Gasteiger partial charge in [-0.2, -0.15) is 0 Å². The third-order valence-electron chi connectivity index (χ3n) is 12.8. The SMILES string of the molecule is C1=C[C@@H]2Oc3ccccc3C2C(c2ccccc2N(c2ccc(-c3ccccc3)cc2)c2ccc(-c3cc(-c4ccccc4)cc(-n4c5ccccc5c5ccccc54)c3)cc2)=C1. The maximum atomic E-state index is 6.51. The molecule has 0 spiro atoms. The number of allylic oxidation sites excluding steroid dienone is 2. The second-order valence-corrected chi connectivity index (χ2v) is 16.4. The summed E-state index contributed by atoms with van der Waals surface area (Å²) in [5.41, 5.74) is 17.5. The van der Waals surface area contributed by atoms with Crippen LogP contribution in [0.2, 0.25) is 0 Å². The Balaban J connectivity index is 1.000. The van der Waals surface area contributed by atoms with E-state index in [1.165, 1.54) is 60.8 Å². The fourth-order valence-electron chi connectivity index (χ4n) is 9.84.